The van der Waals surface area contributed by atoms with E-state index in [4.69, 9.17) is 9.47 Å². The van der Waals surface area contributed by atoms with Gasteiger partial charge in [-0.1, -0.05) is 6.07 Å². The van der Waals surface area contributed by atoms with Crippen LogP contribution in [0.25, 0.3) is 0 Å². The maximum absolute atomic E-state index is 5.49. The lowest BCUT2D eigenvalue weighted by Gasteiger charge is -2.42. The molecule has 2 aliphatic rings. The average Bonchev–Trinajstić information content (AvgIpc) is 2.86. The van der Waals surface area contributed by atoms with Crippen LogP contribution in [0.4, 0.5) is 0 Å². The fourth-order valence-corrected chi connectivity index (χ4v) is 4.34. The Morgan fingerprint density at radius 3 is 2.74 bits per heavy atom. The molecule has 23 heavy (non-hydrogen) atoms. The van der Waals surface area contributed by atoms with Crippen LogP contribution in [0.2, 0.25) is 0 Å². The summed E-state index contributed by atoms with van der Waals surface area (Å²) in [5, 5.41) is 0. The fraction of sp³-hybridized carbons (Fsp3) is 0.722. The van der Waals surface area contributed by atoms with Gasteiger partial charge in [-0.2, -0.15) is 0 Å². The van der Waals surface area contributed by atoms with Crippen LogP contribution in [0.5, 0.6) is 5.88 Å². The minimum absolute atomic E-state index is 0.447. The topological polar surface area (TPSA) is 37.8 Å². The average molecular weight is 319 g/mol. The summed E-state index contributed by atoms with van der Waals surface area (Å²) in [5.41, 5.74) is 1.54. The Morgan fingerprint density at radius 1 is 1.26 bits per heavy atom. The second-order valence-electron chi connectivity index (χ2n) is 7.16. The Balaban J connectivity index is 1.59. The number of rotatable bonds is 5. The minimum Gasteiger partial charge on any atom is -0.481 e. The number of hydrogen-bond acceptors (Lipinski definition) is 5. The first-order valence-electron chi connectivity index (χ1n) is 8.55. The zero-order valence-corrected chi connectivity index (χ0v) is 14.6. The molecule has 1 aromatic rings. The molecule has 1 atom stereocenters. The number of nitrogens with zero attached hydrogens (tertiary/aromatic N) is 3. The lowest BCUT2D eigenvalue weighted by atomic mass is 9.71. The Hall–Kier alpha value is -1.17. The monoisotopic (exact) mass is 319 g/mol. The highest BCUT2D eigenvalue weighted by Gasteiger charge is 2.46. The highest BCUT2D eigenvalue weighted by molar-refractivity contribution is 5.15. The zero-order chi connectivity index (χ0) is 16.3. The van der Waals surface area contributed by atoms with Crippen LogP contribution in [-0.2, 0) is 11.3 Å². The van der Waals surface area contributed by atoms with Crippen LogP contribution in [0.1, 0.15) is 18.5 Å². The van der Waals surface area contributed by atoms with E-state index in [1.807, 2.05) is 19.2 Å². The van der Waals surface area contributed by atoms with E-state index in [0.29, 0.717) is 17.2 Å². The van der Waals surface area contributed by atoms with E-state index in [-0.39, 0.29) is 0 Å². The normalized spacial score (nSPS) is 25.1. The van der Waals surface area contributed by atoms with Gasteiger partial charge >= 0.3 is 0 Å². The van der Waals surface area contributed by atoms with E-state index in [2.05, 4.69) is 27.9 Å². The van der Waals surface area contributed by atoms with Crippen LogP contribution < -0.4 is 4.74 Å². The lowest BCUT2D eigenvalue weighted by Crippen LogP contribution is -2.44. The van der Waals surface area contributed by atoms with Gasteiger partial charge in [0.1, 0.15) is 0 Å². The maximum atomic E-state index is 5.49. The molecule has 0 aromatic carbocycles. The predicted octanol–water partition coefficient (Wildman–Crippen LogP) is 1.88. The summed E-state index contributed by atoms with van der Waals surface area (Å²) in [7, 11) is 5.74. The lowest BCUT2D eigenvalue weighted by molar-refractivity contribution is 0.0350. The maximum Gasteiger partial charge on any atom is 0.213 e. The van der Waals surface area contributed by atoms with Gasteiger partial charge in [-0.05, 0) is 44.5 Å². The molecule has 2 saturated heterocycles. The SMILES string of the molecule is COCC1CN(C)CC12CCN(Cc1cccc(OC)n1)CC2. The van der Waals surface area contributed by atoms with Gasteiger partial charge in [-0.15, -0.1) is 0 Å². The van der Waals surface area contributed by atoms with E-state index in [1.54, 1.807) is 7.11 Å². The van der Waals surface area contributed by atoms with Gasteiger partial charge in [0.15, 0.2) is 0 Å². The first-order valence-corrected chi connectivity index (χ1v) is 8.55. The van der Waals surface area contributed by atoms with E-state index >= 15 is 0 Å². The van der Waals surface area contributed by atoms with Crippen molar-refractivity contribution < 1.29 is 9.47 Å². The molecule has 0 N–H and O–H groups in total. The molecule has 1 aromatic heterocycles. The molecular weight excluding hydrogens is 290 g/mol. The van der Waals surface area contributed by atoms with Crippen molar-refractivity contribution in [3.8, 4) is 5.88 Å². The molecule has 128 valence electrons. The molecule has 0 aliphatic carbocycles. The molecule has 0 bridgehead atoms. The largest absolute Gasteiger partial charge is 0.481 e. The molecule has 5 heteroatoms. The summed E-state index contributed by atoms with van der Waals surface area (Å²) in [6.07, 6.45) is 2.52. The van der Waals surface area contributed by atoms with Crippen molar-refractivity contribution in [2.24, 2.45) is 11.3 Å². The number of hydrogen-bond donors (Lipinski definition) is 0. The third-order valence-electron chi connectivity index (χ3n) is 5.58. The van der Waals surface area contributed by atoms with Crippen molar-refractivity contribution in [3.05, 3.63) is 23.9 Å². The molecule has 2 fully saturated rings. The van der Waals surface area contributed by atoms with Gasteiger partial charge in [0, 0.05) is 38.7 Å². The zero-order valence-electron chi connectivity index (χ0n) is 14.6. The summed E-state index contributed by atoms with van der Waals surface area (Å²) in [4.78, 5) is 9.54. The van der Waals surface area contributed by atoms with Crippen LogP contribution in [0.15, 0.2) is 18.2 Å². The van der Waals surface area contributed by atoms with Crippen LogP contribution in [0, 0.1) is 11.3 Å². The summed E-state index contributed by atoms with van der Waals surface area (Å²) in [6, 6.07) is 6.01. The molecule has 5 nitrogen and oxygen atoms in total. The van der Waals surface area contributed by atoms with Gasteiger partial charge < -0.3 is 14.4 Å². The third kappa shape index (κ3) is 3.67. The summed E-state index contributed by atoms with van der Waals surface area (Å²) in [5.74, 6) is 1.38. The van der Waals surface area contributed by atoms with Gasteiger partial charge in [0.2, 0.25) is 5.88 Å². The van der Waals surface area contributed by atoms with Crippen molar-refractivity contribution >= 4 is 0 Å². The second kappa shape index (κ2) is 7.16. The highest BCUT2D eigenvalue weighted by Crippen LogP contribution is 2.44. The van der Waals surface area contributed by atoms with Crippen molar-refractivity contribution in [1.29, 1.82) is 0 Å². The number of ether oxygens (including phenoxy) is 2. The van der Waals surface area contributed by atoms with E-state index in [0.717, 1.165) is 31.9 Å². The highest BCUT2D eigenvalue weighted by atomic mass is 16.5. The molecular formula is C18H29N3O2. The molecule has 0 amide bonds. The minimum atomic E-state index is 0.447. The molecule has 1 spiro atoms. The fourth-order valence-electron chi connectivity index (χ4n) is 4.34. The van der Waals surface area contributed by atoms with Crippen molar-refractivity contribution in [3.63, 3.8) is 0 Å². The predicted molar refractivity (Wildman–Crippen MR) is 90.6 cm³/mol. The van der Waals surface area contributed by atoms with E-state index < -0.39 is 0 Å². The Labute approximate surface area is 139 Å². The smallest absolute Gasteiger partial charge is 0.213 e. The molecule has 0 saturated carbocycles. The third-order valence-corrected chi connectivity index (χ3v) is 5.58. The van der Waals surface area contributed by atoms with Crippen molar-refractivity contribution in [2.45, 2.75) is 19.4 Å². The Bertz CT molecular complexity index is 515. The summed E-state index contributed by atoms with van der Waals surface area (Å²) < 4.78 is 10.7. The van der Waals surface area contributed by atoms with Gasteiger partial charge in [0.05, 0.1) is 19.4 Å². The molecule has 3 rings (SSSR count). The Morgan fingerprint density at radius 2 is 2.04 bits per heavy atom. The first-order chi connectivity index (χ1) is 11.1. The second-order valence-corrected chi connectivity index (χ2v) is 7.16. The van der Waals surface area contributed by atoms with Crippen LogP contribution in [-0.4, -0.2) is 68.8 Å². The summed E-state index contributed by atoms with van der Waals surface area (Å²) >= 11 is 0. The molecule has 0 radical (unpaired) electrons. The van der Waals surface area contributed by atoms with E-state index in [1.165, 1.54) is 25.9 Å². The van der Waals surface area contributed by atoms with Crippen LogP contribution >= 0.6 is 0 Å². The number of pyridine rings is 1. The molecule has 2 aliphatic heterocycles. The van der Waals surface area contributed by atoms with Gasteiger partial charge in [-0.3, -0.25) is 4.90 Å². The standard InChI is InChI=1S/C18H29N3O2/c1-20-11-15(13-22-2)18(14-20)7-9-21(10-8-18)12-16-5-4-6-17(19-16)23-3/h4-6,15H,7-14H2,1-3H3. The van der Waals surface area contributed by atoms with E-state index in [9.17, 15) is 0 Å². The van der Waals surface area contributed by atoms with Crippen molar-refractivity contribution in [1.82, 2.24) is 14.8 Å². The molecule has 1 unspecified atom stereocenters. The van der Waals surface area contributed by atoms with Gasteiger partial charge in [-0.25, -0.2) is 4.98 Å². The summed E-state index contributed by atoms with van der Waals surface area (Å²) in [6.45, 7) is 6.48. The number of methoxy groups -OCH3 is 2. The quantitative estimate of drug-likeness (QED) is 0.828. The number of likely N-dealkylation sites (tertiary alicyclic amines) is 2. The van der Waals surface area contributed by atoms with Crippen molar-refractivity contribution in [2.75, 3.05) is 54.1 Å². The molecule has 3 heterocycles. The van der Waals surface area contributed by atoms with Crippen LogP contribution in [0.3, 0.4) is 0 Å². The van der Waals surface area contributed by atoms with Gasteiger partial charge in [0.25, 0.3) is 0 Å². The number of aromatic nitrogens is 1. The first kappa shape index (κ1) is 16.7. The number of piperidine rings is 1. The Kier molecular flexibility index (Phi) is 5.19.